The highest BCUT2D eigenvalue weighted by atomic mass is 15.1. The van der Waals surface area contributed by atoms with Crippen molar-refractivity contribution in [3.63, 3.8) is 0 Å². The van der Waals surface area contributed by atoms with Gasteiger partial charge in [-0.15, -0.1) is 0 Å². The van der Waals surface area contributed by atoms with E-state index >= 15 is 0 Å². The van der Waals surface area contributed by atoms with Crippen LogP contribution in [0.15, 0.2) is 12.3 Å². The molecule has 1 aliphatic heterocycles. The molecule has 1 aromatic rings. The molecule has 0 bridgehead atoms. The highest BCUT2D eigenvalue weighted by Gasteiger charge is 2.22. The minimum absolute atomic E-state index is 0.583. The smallest absolute Gasteiger partial charge is 0.0490 e. The molecular weight excluding hydrogens is 150 g/mol. The number of nitrogens with zero attached hydrogens (tertiary/aromatic N) is 1. The van der Waals surface area contributed by atoms with Gasteiger partial charge in [0.2, 0.25) is 0 Å². The number of nitrogens with one attached hydrogen (secondary N) is 2. The Morgan fingerprint density at radius 2 is 2.50 bits per heavy atom. The van der Waals surface area contributed by atoms with Gasteiger partial charge in [0.15, 0.2) is 0 Å². The van der Waals surface area contributed by atoms with E-state index in [4.69, 9.17) is 0 Å². The topological polar surface area (TPSA) is 40.7 Å². The number of hydrogen-bond donors (Lipinski definition) is 2. The molecule has 2 N–H and O–H groups in total. The van der Waals surface area contributed by atoms with Gasteiger partial charge in [0.25, 0.3) is 0 Å². The van der Waals surface area contributed by atoms with Crippen LogP contribution in [0.1, 0.15) is 31.4 Å². The van der Waals surface area contributed by atoms with Crippen LogP contribution in [0.4, 0.5) is 0 Å². The predicted molar refractivity (Wildman–Crippen MR) is 48.0 cm³/mol. The van der Waals surface area contributed by atoms with Crippen LogP contribution in [0.25, 0.3) is 0 Å². The Balaban J connectivity index is 2.11. The quantitative estimate of drug-likeness (QED) is 0.658. The van der Waals surface area contributed by atoms with Crippen LogP contribution in [-0.4, -0.2) is 22.8 Å². The summed E-state index contributed by atoms with van der Waals surface area (Å²) >= 11 is 0. The molecule has 2 heterocycles. The van der Waals surface area contributed by atoms with Gasteiger partial charge in [-0.05, 0) is 32.4 Å². The summed E-state index contributed by atoms with van der Waals surface area (Å²) in [6.45, 7) is 3.40. The Kier molecular flexibility index (Phi) is 2.13. The van der Waals surface area contributed by atoms with Crippen LogP contribution in [0.2, 0.25) is 0 Å². The summed E-state index contributed by atoms with van der Waals surface area (Å²) in [6, 6.07) is 2.66. The molecule has 2 atom stereocenters. The maximum absolute atomic E-state index is 3.98. The van der Waals surface area contributed by atoms with E-state index in [1.54, 1.807) is 0 Å². The number of piperidine rings is 1. The molecule has 2 rings (SSSR count). The highest BCUT2D eigenvalue weighted by Crippen LogP contribution is 2.25. The van der Waals surface area contributed by atoms with Gasteiger partial charge in [-0.2, -0.15) is 5.10 Å². The zero-order valence-electron chi connectivity index (χ0n) is 7.38. The van der Waals surface area contributed by atoms with Gasteiger partial charge in [0.05, 0.1) is 0 Å². The van der Waals surface area contributed by atoms with E-state index in [9.17, 15) is 0 Å². The van der Waals surface area contributed by atoms with E-state index in [0.717, 1.165) is 6.54 Å². The lowest BCUT2D eigenvalue weighted by Crippen LogP contribution is -2.37. The van der Waals surface area contributed by atoms with Crippen molar-refractivity contribution in [1.29, 1.82) is 0 Å². The molecule has 0 spiro atoms. The molecule has 1 fully saturated rings. The van der Waals surface area contributed by atoms with Crippen LogP contribution in [-0.2, 0) is 0 Å². The number of hydrogen-bond acceptors (Lipinski definition) is 2. The number of H-pyrrole nitrogens is 1. The van der Waals surface area contributed by atoms with Crippen molar-refractivity contribution < 1.29 is 0 Å². The van der Waals surface area contributed by atoms with Crippen molar-refractivity contribution in [2.24, 2.45) is 0 Å². The minimum atomic E-state index is 0.583. The van der Waals surface area contributed by atoms with Crippen molar-refractivity contribution in [2.75, 3.05) is 6.54 Å². The molecular formula is C9H15N3. The van der Waals surface area contributed by atoms with Crippen molar-refractivity contribution in [2.45, 2.75) is 31.7 Å². The second-order valence-electron chi connectivity index (χ2n) is 3.50. The van der Waals surface area contributed by atoms with Crippen LogP contribution < -0.4 is 5.32 Å². The first-order chi connectivity index (χ1) is 5.88. The van der Waals surface area contributed by atoms with Crippen LogP contribution in [0.3, 0.4) is 0 Å². The van der Waals surface area contributed by atoms with Crippen LogP contribution >= 0.6 is 0 Å². The third kappa shape index (κ3) is 1.37. The minimum Gasteiger partial charge on any atom is -0.314 e. The van der Waals surface area contributed by atoms with E-state index < -0.39 is 0 Å². The summed E-state index contributed by atoms with van der Waals surface area (Å²) in [5.74, 6) is 0.626. The normalized spacial score (nSPS) is 30.4. The molecule has 3 heteroatoms. The van der Waals surface area contributed by atoms with E-state index in [1.807, 2.05) is 6.20 Å². The fourth-order valence-corrected chi connectivity index (χ4v) is 1.94. The van der Waals surface area contributed by atoms with E-state index in [2.05, 4.69) is 28.5 Å². The first kappa shape index (κ1) is 7.80. The lowest BCUT2D eigenvalue weighted by atomic mass is 9.89. The standard InChI is InChI=1S/C9H15N3/c1-7-8(3-2-5-10-7)9-4-6-11-12-9/h4,6-8,10H,2-3,5H2,1H3,(H,11,12)/t7-,8+/m1/s1. The molecule has 12 heavy (non-hydrogen) atoms. The Morgan fingerprint density at radius 3 is 3.17 bits per heavy atom. The molecule has 1 aromatic heterocycles. The summed E-state index contributed by atoms with van der Waals surface area (Å²) in [7, 11) is 0. The zero-order chi connectivity index (χ0) is 8.39. The third-order valence-corrected chi connectivity index (χ3v) is 2.68. The van der Waals surface area contributed by atoms with Gasteiger partial charge in [-0.1, -0.05) is 0 Å². The summed E-state index contributed by atoms with van der Waals surface area (Å²) < 4.78 is 0. The fraction of sp³-hybridized carbons (Fsp3) is 0.667. The molecule has 0 aromatic carbocycles. The van der Waals surface area contributed by atoms with E-state index in [0.29, 0.717) is 12.0 Å². The molecule has 0 aliphatic carbocycles. The molecule has 1 saturated heterocycles. The Bertz CT molecular complexity index is 230. The molecule has 1 aliphatic rings. The van der Waals surface area contributed by atoms with Crippen molar-refractivity contribution in [3.8, 4) is 0 Å². The van der Waals surface area contributed by atoms with E-state index in [-0.39, 0.29) is 0 Å². The summed E-state index contributed by atoms with van der Waals surface area (Å²) in [6.07, 6.45) is 4.38. The van der Waals surface area contributed by atoms with Gasteiger partial charge < -0.3 is 5.32 Å². The Labute approximate surface area is 72.6 Å². The largest absolute Gasteiger partial charge is 0.314 e. The average Bonchev–Trinajstić information content (AvgIpc) is 2.57. The second-order valence-corrected chi connectivity index (χ2v) is 3.50. The van der Waals surface area contributed by atoms with Gasteiger partial charge in [-0.25, -0.2) is 0 Å². The first-order valence-corrected chi connectivity index (χ1v) is 4.60. The van der Waals surface area contributed by atoms with E-state index in [1.165, 1.54) is 18.5 Å². The molecule has 3 nitrogen and oxygen atoms in total. The lowest BCUT2D eigenvalue weighted by molar-refractivity contribution is 0.365. The average molecular weight is 165 g/mol. The number of rotatable bonds is 1. The summed E-state index contributed by atoms with van der Waals surface area (Å²) in [4.78, 5) is 0. The monoisotopic (exact) mass is 165 g/mol. The number of aromatic nitrogens is 2. The van der Waals surface area contributed by atoms with Gasteiger partial charge >= 0.3 is 0 Å². The van der Waals surface area contributed by atoms with Gasteiger partial charge in [-0.3, -0.25) is 5.10 Å². The van der Waals surface area contributed by atoms with Crippen molar-refractivity contribution in [3.05, 3.63) is 18.0 Å². The fourth-order valence-electron chi connectivity index (χ4n) is 1.94. The van der Waals surface area contributed by atoms with Crippen LogP contribution in [0, 0.1) is 0 Å². The van der Waals surface area contributed by atoms with Crippen LogP contribution in [0.5, 0.6) is 0 Å². The SMILES string of the molecule is C[C@H]1NCCC[C@@H]1c1ccn[nH]1. The molecule has 0 amide bonds. The molecule has 0 unspecified atom stereocenters. The maximum atomic E-state index is 3.98. The first-order valence-electron chi connectivity index (χ1n) is 4.60. The second kappa shape index (κ2) is 3.27. The van der Waals surface area contributed by atoms with Gasteiger partial charge in [0.1, 0.15) is 0 Å². The van der Waals surface area contributed by atoms with Gasteiger partial charge in [0, 0.05) is 23.9 Å². The third-order valence-electron chi connectivity index (χ3n) is 2.68. The molecule has 0 radical (unpaired) electrons. The lowest BCUT2D eigenvalue weighted by Gasteiger charge is -2.28. The molecule has 0 saturated carbocycles. The maximum Gasteiger partial charge on any atom is 0.0490 e. The zero-order valence-corrected chi connectivity index (χ0v) is 7.38. The van der Waals surface area contributed by atoms with Crippen molar-refractivity contribution >= 4 is 0 Å². The predicted octanol–water partition coefficient (Wildman–Crippen LogP) is 1.27. The molecule has 66 valence electrons. The summed E-state index contributed by atoms with van der Waals surface area (Å²) in [5, 5.41) is 10.5. The number of aromatic amines is 1. The highest BCUT2D eigenvalue weighted by molar-refractivity contribution is 5.09. The Morgan fingerprint density at radius 1 is 1.58 bits per heavy atom. The Hall–Kier alpha value is -0.830. The van der Waals surface area contributed by atoms with Crippen molar-refractivity contribution in [1.82, 2.24) is 15.5 Å². The summed E-state index contributed by atoms with van der Waals surface area (Å²) in [5.41, 5.74) is 1.27.